The highest BCUT2D eigenvalue weighted by Crippen LogP contribution is 2.39. The van der Waals surface area contributed by atoms with Crippen LogP contribution in [0.1, 0.15) is 36.2 Å². The molecule has 0 radical (unpaired) electrons. The number of Topliss-reactive ketones (excluding diaryl/α,β-unsaturated/α-hetero) is 1. The first-order valence-electron chi connectivity index (χ1n) is 6.96. The number of ketones is 1. The van der Waals surface area contributed by atoms with Gasteiger partial charge in [-0.3, -0.25) is 9.00 Å². The fourth-order valence-corrected chi connectivity index (χ4v) is 5.58. The Bertz CT molecular complexity index is 695. The molecule has 2 aliphatic heterocycles. The fraction of sp³-hybridized carbons (Fsp3) is 0.500. The van der Waals surface area contributed by atoms with Crippen molar-refractivity contribution in [2.75, 3.05) is 0 Å². The van der Waals surface area contributed by atoms with Crippen molar-refractivity contribution in [3.63, 3.8) is 0 Å². The minimum Gasteiger partial charge on any atom is -0.292 e. The molecule has 0 spiro atoms. The molecule has 2 fully saturated rings. The fourth-order valence-electron chi connectivity index (χ4n) is 3.45. The van der Waals surface area contributed by atoms with Gasteiger partial charge in [-0.1, -0.05) is 0 Å². The predicted molar refractivity (Wildman–Crippen MR) is 75.0 cm³/mol. The van der Waals surface area contributed by atoms with Crippen LogP contribution in [0.3, 0.4) is 0 Å². The molecule has 0 amide bonds. The van der Waals surface area contributed by atoms with E-state index in [9.17, 15) is 9.00 Å². The van der Waals surface area contributed by atoms with Crippen molar-refractivity contribution in [1.29, 1.82) is 0 Å². The second kappa shape index (κ2) is 4.48. The molecule has 5 nitrogen and oxygen atoms in total. The zero-order valence-electron chi connectivity index (χ0n) is 10.9. The van der Waals surface area contributed by atoms with Crippen molar-refractivity contribution in [3.8, 4) is 0 Å². The first kappa shape index (κ1) is 12.2. The number of imidazole rings is 1. The summed E-state index contributed by atoms with van der Waals surface area (Å²) in [5.41, 5.74) is 1.25. The van der Waals surface area contributed by atoms with E-state index >= 15 is 0 Å². The van der Waals surface area contributed by atoms with Gasteiger partial charge in [-0.05, 0) is 37.8 Å². The second-order valence-corrected chi connectivity index (χ2v) is 7.61. The lowest BCUT2D eigenvalue weighted by Crippen LogP contribution is -2.32. The average molecular weight is 289 g/mol. The van der Waals surface area contributed by atoms with Crippen molar-refractivity contribution in [2.24, 2.45) is 5.92 Å². The van der Waals surface area contributed by atoms with Gasteiger partial charge in [0.2, 0.25) is 0 Å². The van der Waals surface area contributed by atoms with E-state index in [1.165, 1.54) is 0 Å². The monoisotopic (exact) mass is 289 g/mol. The van der Waals surface area contributed by atoms with Gasteiger partial charge in [0.15, 0.2) is 11.4 Å². The SMILES string of the molecule is O=C(c1cnc2cccnn12)C1CC2CCC(C1)S2=O. The van der Waals surface area contributed by atoms with Crippen molar-refractivity contribution in [2.45, 2.75) is 36.2 Å². The summed E-state index contributed by atoms with van der Waals surface area (Å²) in [7, 11) is -0.720. The van der Waals surface area contributed by atoms with E-state index < -0.39 is 10.8 Å². The Kier molecular flexibility index (Phi) is 2.73. The van der Waals surface area contributed by atoms with Crippen LogP contribution in [-0.4, -0.2) is 35.1 Å². The van der Waals surface area contributed by atoms with Crippen LogP contribution in [0.4, 0.5) is 0 Å². The van der Waals surface area contributed by atoms with Crippen molar-refractivity contribution < 1.29 is 9.00 Å². The Morgan fingerprint density at radius 2 is 2.05 bits per heavy atom. The molecule has 2 saturated heterocycles. The van der Waals surface area contributed by atoms with E-state index in [1.54, 1.807) is 23.0 Å². The Morgan fingerprint density at radius 1 is 1.30 bits per heavy atom. The largest absolute Gasteiger partial charge is 0.292 e. The number of nitrogens with zero attached hydrogens (tertiary/aromatic N) is 3. The van der Waals surface area contributed by atoms with Gasteiger partial charge in [0, 0.05) is 33.4 Å². The first-order chi connectivity index (χ1) is 9.74. The summed E-state index contributed by atoms with van der Waals surface area (Å²) < 4.78 is 13.6. The van der Waals surface area contributed by atoms with Crippen LogP contribution in [0.5, 0.6) is 0 Å². The molecule has 2 bridgehead atoms. The molecule has 2 unspecified atom stereocenters. The van der Waals surface area contributed by atoms with E-state index in [0.717, 1.165) is 25.7 Å². The van der Waals surface area contributed by atoms with Gasteiger partial charge >= 0.3 is 0 Å². The Balaban J connectivity index is 1.66. The maximum Gasteiger partial charge on any atom is 0.186 e. The van der Waals surface area contributed by atoms with Gasteiger partial charge in [0.1, 0.15) is 5.69 Å². The van der Waals surface area contributed by atoms with Crippen LogP contribution in [0.2, 0.25) is 0 Å². The van der Waals surface area contributed by atoms with E-state index in [1.807, 2.05) is 6.07 Å². The van der Waals surface area contributed by atoms with Gasteiger partial charge in [-0.2, -0.15) is 5.10 Å². The van der Waals surface area contributed by atoms with E-state index in [0.29, 0.717) is 11.3 Å². The summed E-state index contributed by atoms with van der Waals surface area (Å²) in [5, 5.41) is 4.63. The molecule has 6 heteroatoms. The Morgan fingerprint density at radius 3 is 2.80 bits per heavy atom. The van der Waals surface area contributed by atoms with Gasteiger partial charge in [0.05, 0.1) is 6.20 Å². The predicted octanol–water partition coefficient (Wildman–Crippen LogP) is 1.60. The number of hydrogen-bond acceptors (Lipinski definition) is 4. The van der Waals surface area contributed by atoms with Gasteiger partial charge in [-0.25, -0.2) is 9.50 Å². The van der Waals surface area contributed by atoms with Gasteiger partial charge in [0.25, 0.3) is 0 Å². The van der Waals surface area contributed by atoms with E-state index in [-0.39, 0.29) is 22.2 Å². The molecule has 2 aromatic heterocycles. The molecule has 0 N–H and O–H groups in total. The molecule has 20 heavy (non-hydrogen) atoms. The lowest BCUT2D eigenvalue weighted by atomic mass is 9.93. The van der Waals surface area contributed by atoms with Gasteiger partial charge < -0.3 is 0 Å². The maximum atomic E-state index is 12.7. The highest BCUT2D eigenvalue weighted by atomic mass is 32.2. The highest BCUT2D eigenvalue weighted by Gasteiger charge is 2.43. The number of carbonyl (C=O) groups excluding carboxylic acids is 1. The molecule has 0 saturated carbocycles. The smallest absolute Gasteiger partial charge is 0.186 e. The lowest BCUT2D eigenvalue weighted by Gasteiger charge is -2.25. The van der Waals surface area contributed by atoms with Crippen LogP contribution in [0, 0.1) is 5.92 Å². The van der Waals surface area contributed by atoms with E-state index in [4.69, 9.17) is 0 Å². The molecule has 2 aliphatic rings. The Labute approximate surface area is 118 Å². The zero-order valence-corrected chi connectivity index (χ0v) is 11.8. The van der Waals surface area contributed by atoms with E-state index in [2.05, 4.69) is 10.1 Å². The third-order valence-corrected chi connectivity index (χ3v) is 6.63. The molecule has 2 atom stereocenters. The van der Waals surface area contributed by atoms with Crippen LogP contribution in [0.15, 0.2) is 24.5 Å². The number of fused-ring (bicyclic) bond motifs is 3. The normalized spacial score (nSPS) is 32.6. The summed E-state index contributed by atoms with van der Waals surface area (Å²) in [6.07, 6.45) is 6.78. The molecule has 104 valence electrons. The Hall–Kier alpha value is -1.56. The summed E-state index contributed by atoms with van der Waals surface area (Å²) in [6, 6.07) is 3.64. The molecule has 0 aliphatic carbocycles. The molecule has 2 aromatic rings. The molecule has 4 heterocycles. The molecular formula is C14H15N3O2S. The minimum absolute atomic E-state index is 0.0212. The van der Waals surface area contributed by atoms with Gasteiger partial charge in [-0.15, -0.1) is 0 Å². The van der Waals surface area contributed by atoms with Crippen molar-refractivity contribution in [3.05, 3.63) is 30.2 Å². The third kappa shape index (κ3) is 1.74. The standard InChI is InChI=1S/C14H15N3O2S/c18-14(9-6-10-3-4-11(7-9)20(10)19)12-8-15-13-2-1-5-16-17(12)13/h1-2,5,8-11H,3-4,6-7H2. The number of rotatable bonds is 2. The minimum atomic E-state index is -0.720. The zero-order chi connectivity index (χ0) is 13.7. The average Bonchev–Trinajstić information content (AvgIpc) is 2.95. The summed E-state index contributed by atoms with van der Waals surface area (Å²) in [5.74, 6) is 0.0805. The summed E-state index contributed by atoms with van der Waals surface area (Å²) in [6.45, 7) is 0. The topological polar surface area (TPSA) is 64.3 Å². The number of aromatic nitrogens is 3. The maximum absolute atomic E-state index is 12.7. The number of carbonyl (C=O) groups is 1. The summed E-state index contributed by atoms with van der Waals surface area (Å²) in [4.78, 5) is 16.9. The van der Waals surface area contributed by atoms with Crippen LogP contribution < -0.4 is 0 Å². The summed E-state index contributed by atoms with van der Waals surface area (Å²) >= 11 is 0. The van der Waals surface area contributed by atoms with Crippen molar-refractivity contribution in [1.82, 2.24) is 14.6 Å². The quantitative estimate of drug-likeness (QED) is 0.788. The van der Waals surface area contributed by atoms with Crippen molar-refractivity contribution >= 4 is 22.2 Å². The molecular weight excluding hydrogens is 274 g/mol. The molecule has 4 rings (SSSR count). The van der Waals surface area contributed by atoms with Crippen LogP contribution in [0.25, 0.3) is 5.65 Å². The lowest BCUT2D eigenvalue weighted by molar-refractivity contribution is 0.0899. The molecule has 0 aromatic carbocycles. The second-order valence-electron chi connectivity index (χ2n) is 5.62. The van der Waals surface area contributed by atoms with Crippen LogP contribution >= 0.6 is 0 Å². The number of hydrogen-bond donors (Lipinski definition) is 0. The third-order valence-electron chi connectivity index (χ3n) is 4.46. The first-order valence-corrected chi connectivity index (χ1v) is 8.24. The highest BCUT2D eigenvalue weighted by molar-refractivity contribution is 7.86. The van der Waals surface area contributed by atoms with Crippen LogP contribution in [-0.2, 0) is 10.8 Å².